The van der Waals surface area contributed by atoms with Crippen molar-refractivity contribution in [1.29, 1.82) is 0 Å². The first-order valence-corrected chi connectivity index (χ1v) is 15.1. The first kappa shape index (κ1) is 26.9. The van der Waals surface area contributed by atoms with Crippen LogP contribution in [-0.4, -0.2) is 34.8 Å². The summed E-state index contributed by atoms with van der Waals surface area (Å²) < 4.78 is 1.26. The zero-order chi connectivity index (χ0) is 26.6. The van der Waals surface area contributed by atoms with Crippen molar-refractivity contribution >= 4 is 33.1 Å². The Morgan fingerprint density at radius 1 is 1.03 bits per heavy atom. The molecule has 0 radical (unpaired) electrons. The molecule has 202 valence electrons. The van der Waals surface area contributed by atoms with Gasteiger partial charge in [0.05, 0.1) is 16.5 Å². The Balaban J connectivity index is 1.24. The van der Waals surface area contributed by atoms with Crippen LogP contribution < -0.4 is 0 Å². The summed E-state index contributed by atoms with van der Waals surface area (Å²) in [4.78, 5) is 20.3. The van der Waals surface area contributed by atoms with Crippen molar-refractivity contribution in [3.8, 4) is 0 Å². The maximum atomic E-state index is 11.2. The SMILES string of the molecule is CCc1cc2sc(C(C)=NOCc3ccc(C4CCCCC4)c(CC)c3)cc2cc1CN1CC(C(=O)O)C1. The van der Waals surface area contributed by atoms with Crippen molar-refractivity contribution in [2.24, 2.45) is 11.1 Å². The minimum absolute atomic E-state index is 0.223. The predicted octanol–water partition coefficient (Wildman–Crippen LogP) is 7.53. The van der Waals surface area contributed by atoms with Gasteiger partial charge in [-0.2, -0.15) is 0 Å². The number of carbonyl (C=O) groups is 1. The van der Waals surface area contributed by atoms with Crippen LogP contribution in [0.15, 0.2) is 41.6 Å². The maximum absolute atomic E-state index is 11.2. The highest BCUT2D eigenvalue weighted by Crippen LogP contribution is 2.35. The number of nitrogens with zero attached hydrogens (tertiary/aromatic N) is 2. The minimum Gasteiger partial charge on any atom is -0.481 e. The van der Waals surface area contributed by atoms with Gasteiger partial charge in [-0.25, -0.2) is 0 Å². The average Bonchev–Trinajstić information content (AvgIpc) is 3.33. The number of hydrogen-bond donors (Lipinski definition) is 1. The Labute approximate surface area is 230 Å². The Morgan fingerprint density at radius 3 is 2.50 bits per heavy atom. The van der Waals surface area contributed by atoms with Gasteiger partial charge in [-0.3, -0.25) is 9.69 Å². The van der Waals surface area contributed by atoms with Crippen molar-refractivity contribution in [3.05, 3.63) is 69.1 Å². The number of aliphatic carboxylic acids is 1. The second-order valence-electron chi connectivity index (χ2n) is 11.0. The summed E-state index contributed by atoms with van der Waals surface area (Å²) in [5.74, 6) is -0.184. The number of hydrogen-bond acceptors (Lipinski definition) is 5. The molecule has 0 unspecified atom stereocenters. The number of aryl methyl sites for hydroxylation is 2. The zero-order valence-electron chi connectivity index (χ0n) is 23.0. The van der Waals surface area contributed by atoms with Crippen molar-refractivity contribution in [3.63, 3.8) is 0 Å². The summed E-state index contributed by atoms with van der Waals surface area (Å²) in [6, 6.07) is 13.6. The fourth-order valence-corrected chi connectivity index (χ4v) is 7.09. The number of fused-ring (bicyclic) bond motifs is 1. The average molecular weight is 533 g/mol. The highest BCUT2D eigenvalue weighted by molar-refractivity contribution is 7.20. The summed E-state index contributed by atoms with van der Waals surface area (Å²) in [7, 11) is 0. The van der Waals surface area contributed by atoms with E-state index in [2.05, 4.69) is 60.3 Å². The van der Waals surface area contributed by atoms with Crippen LogP contribution in [0.5, 0.6) is 0 Å². The predicted molar refractivity (Wildman–Crippen MR) is 156 cm³/mol. The van der Waals surface area contributed by atoms with Gasteiger partial charge in [0.1, 0.15) is 6.61 Å². The fraction of sp³-hybridized carbons (Fsp3) is 0.500. The van der Waals surface area contributed by atoms with Crippen LogP contribution in [0.1, 0.15) is 91.5 Å². The molecule has 6 heteroatoms. The van der Waals surface area contributed by atoms with Crippen LogP contribution in [0.3, 0.4) is 0 Å². The summed E-state index contributed by atoms with van der Waals surface area (Å²) in [5, 5.41) is 14.9. The molecule has 1 N–H and O–H groups in total. The minimum atomic E-state index is -0.686. The highest BCUT2D eigenvalue weighted by atomic mass is 32.1. The molecule has 3 aromatic rings. The summed E-state index contributed by atoms with van der Waals surface area (Å²) in [5.41, 5.74) is 7.71. The highest BCUT2D eigenvalue weighted by Gasteiger charge is 2.32. The second-order valence-corrected chi connectivity index (χ2v) is 12.1. The van der Waals surface area contributed by atoms with Gasteiger partial charge >= 0.3 is 5.97 Å². The molecule has 1 saturated heterocycles. The van der Waals surface area contributed by atoms with Gasteiger partial charge in [0, 0.05) is 24.3 Å². The number of carboxylic acids is 1. The first-order chi connectivity index (χ1) is 18.4. The van der Waals surface area contributed by atoms with E-state index < -0.39 is 5.97 Å². The van der Waals surface area contributed by atoms with Gasteiger partial charge in [0.25, 0.3) is 0 Å². The van der Waals surface area contributed by atoms with E-state index in [0.717, 1.165) is 35.9 Å². The first-order valence-electron chi connectivity index (χ1n) is 14.2. The third-order valence-electron chi connectivity index (χ3n) is 8.34. The van der Waals surface area contributed by atoms with Gasteiger partial charge in [-0.05, 0) is 89.9 Å². The molecule has 0 spiro atoms. The third-order valence-corrected chi connectivity index (χ3v) is 9.55. The molecule has 1 saturated carbocycles. The van der Waals surface area contributed by atoms with Crippen molar-refractivity contribution in [1.82, 2.24) is 4.90 Å². The molecule has 0 atom stereocenters. The molecule has 0 bridgehead atoms. The van der Waals surface area contributed by atoms with Crippen LogP contribution in [0, 0.1) is 5.92 Å². The van der Waals surface area contributed by atoms with E-state index in [0.29, 0.717) is 19.7 Å². The molecule has 2 heterocycles. The van der Waals surface area contributed by atoms with Crippen LogP contribution in [0.2, 0.25) is 0 Å². The number of oxime groups is 1. The van der Waals surface area contributed by atoms with Crippen LogP contribution in [0.25, 0.3) is 10.1 Å². The van der Waals surface area contributed by atoms with Crippen molar-refractivity contribution < 1.29 is 14.7 Å². The van der Waals surface area contributed by atoms with E-state index in [9.17, 15) is 9.90 Å². The lowest BCUT2D eigenvalue weighted by Crippen LogP contribution is -2.49. The second kappa shape index (κ2) is 12.0. The molecule has 2 fully saturated rings. The maximum Gasteiger partial charge on any atom is 0.309 e. The summed E-state index contributed by atoms with van der Waals surface area (Å²) in [6.45, 7) is 9.02. The van der Waals surface area contributed by atoms with Crippen LogP contribution in [0.4, 0.5) is 0 Å². The van der Waals surface area contributed by atoms with Crippen LogP contribution in [-0.2, 0) is 35.6 Å². The Morgan fingerprint density at radius 2 is 1.79 bits per heavy atom. The molecular weight excluding hydrogens is 492 g/mol. The summed E-state index contributed by atoms with van der Waals surface area (Å²) in [6.07, 6.45) is 8.77. The largest absolute Gasteiger partial charge is 0.481 e. The lowest BCUT2D eigenvalue weighted by molar-refractivity contribution is -0.147. The molecule has 1 aliphatic heterocycles. The lowest BCUT2D eigenvalue weighted by Gasteiger charge is -2.37. The van der Waals surface area contributed by atoms with Gasteiger partial charge in [0.15, 0.2) is 0 Å². The third kappa shape index (κ3) is 5.97. The fourth-order valence-electron chi connectivity index (χ4n) is 6.04. The monoisotopic (exact) mass is 532 g/mol. The lowest BCUT2D eigenvalue weighted by atomic mass is 9.81. The smallest absolute Gasteiger partial charge is 0.309 e. The van der Waals surface area contributed by atoms with Crippen LogP contribution >= 0.6 is 11.3 Å². The molecule has 1 aliphatic carbocycles. The van der Waals surface area contributed by atoms with E-state index in [4.69, 9.17) is 4.84 Å². The zero-order valence-corrected chi connectivity index (χ0v) is 23.8. The van der Waals surface area contributed by atoms with E-state index in [1.165, 1.54) is 64.4 Å². The van der Waals surface area contributed by atoms with Gasteiger partial charge in [-0.1, -0.05) is 56.5 Å². The normalized spacial score (nSPS) is 17.6. The van der Waals surface area contributed by atoms with E-state index in [-0.39, 0.29) is 5.92 Å². The molecule has 0 amide bonds. The molecule has 2 aromatic carbocycles. The molecule has 1 aromatic heterocycles. The van der Waals surface area contributed by atoms with Crippen molar-refractivity contribution in [2.45, 2.75) is 84.8 Å². The summed E-state index contributed by atoms with van der Waals surface area (Å²) >= 11 is 1.75. The van der Waals surface area contributed by atoms with Gasteiger partial charge in [-0.15, -0.1) is 11.3 Å². The number of benzene rings is 2. The Hall–Kier alpha value is -2.70. The molecule has 2 aliphatic rings. The van der Waals surface area contributed by atoms with Gasteiger partial charge < -0.3 is 9.94 Å². The van der Waals surface area contributed by atoms with E-state index in [1.807, 2.05) is 6.92 Å². The standard InChI is InChI=1S/C32H40N2O3S/c1-4-23-15-31-26(14-27(23)17-34-18-28(19-34)32(35)36)16-30(38-31)21(3)33-37-20-22-11-12-29(24(5-2)13-22)25-9-7-6-8-10-25/h11-16,25,28H,4-10,17-20H2,1-3H3,(H,35,36). The van der Waals surface area contributed by atoms with Gasteiger partial charge in [0.2, 0.25) is 0 Å². The quantitative estimate of drug-likeness (QED) is 0.217. The Bertz CT molecular complexity index is 1320. The molecule has 5 rings (SSSR count). The Kier molecular flexibility index (Phi) is 8.49. The number of carboxylic acid groups (broad SMARTS) is 1. The molecule has 5 nitrogen and oxygen atoms in total. The molecular formula is C32H40N2O3S. The number of likely N-dealkylation sites (tertiary alicyclic amines) is 1. The number of rotatable bonds is 10. The topological polar surface area (TPSA) is 62.1 Å². The molecule has 38 heavy (non-hydrogen) atoms. The van der Waals surface area contributed by atoms with Crippen molar-refractivity contribution in [2.75, 3.05) is 13.1 Å². The number of thiophene rings is 1. The van der Waals surface area contributed by atoms with E-state index in [1.54, 1.807) is 16.9 Å². The van der Waals surface area contributed by atoms with E-state index >= 15 is 0 Å².